The smallest absolute Gasteiger partial charge is 0.337 e. The molecule has 3 aromatic heterocycles. The van der Waals surface area contributed by atoms with Crippen LogP contribution in [0.3, 0.4) is 0 Å². The van der Waals surface area contributed by atoms with Crippen LogP contribution >= 0.6 is 0 Å². The van der Waals surface area contributed by atoms with Crippen LogP contribution in [0.25, 0.3) is 5.57 Å². The van der Waals surface area contributed by atoms with E-state index in [2.05, 4.69) is 136 Å². The summed E-state index contributed by atoms with van der Waals surface area (Å²) in [4.78, 5) is 46.0. The average molecular weight is 1170 g/mol. The maximum absolute atomic E-state index is 12.4. The zero-order valence-corrected chi connectivity index (χ0v) is 51.0. The van der Waals surface area contributed by atoms with Crippen LogP contribution in [-0.4, -0.2) is 84.8 Å². The molecule has 10 nitrogen and oxygen atoms in total. The lowest BCUT2D eigenvalue weighted by Gasteiger charge is -2.31. The Bertz CT molecular complexity index is 3660. The van der Waals surface area contributed by atoms with Crippen LogP contribution in [0.5, 0.6) is 0 Å². The zero-order valence-electron chi connectivity index (χ0n) is 51.0. The third-order valence-corrected chi connectivity index (χ3v) is 15.4. The number of carbonyl (C=O) groups is 2. The van der Waals surface area contributed by atoms with Crippen molar-refractivity contribution in [3.05, 3.63) is 249 Å². The number of carboxylic acid groups (broad SMARTS) is 1. The molecule has 1 aliphatic heterocycles. The number of hydrogen-bond acceptors (Lipinski definition) is 9. The van der Waals surface area contributed by atoms with Gasteiger partial charge in [-0.05, 0) is 135 Å². The number of carboxylic acids is 1. The van der Waals surface area contributed by atoms with Crippen LogP contribution in [0.1, 0.15) is 173 Å². The molecule has 0 saturated heterocycles. The molecule has 0 atom stereocenters. The number of benzene rings is 4. The Labute approximate surface area is 522 Å². The molecule has 0 amide bonds. The molecular weight excluding hydrogens is 1080 g/mol. The Morgan fingerprint density at radius 1 is 0.455 bits per heavy atom. The molecule has 448 valence electrons. The van der Waals surface area contributed by atoms with Crippen molar-refractivity contribution < 1.29 is 19.8 Å². The second-order valence-electron chi connectivity index (χ2n) is 22.8. The van der Waals surface area contributed by atoms with E-state index in [0.717, 1.165) is 78.5 Å². The second kappa shape index (κ2) is 36.1. The summed E-state index contributed by atoms with van der Waals surface area (Å²) in [6, 6.07) is 50.5. The Hall–Kier alpha value is -9.13. The van der Waals surface area contributed by atoms with Gasteiger partial charge in [0, 0.05) is 98.6 Å². The molecule has 2 bridgehead atoms. The summed E-state index contributed by atoms with van der Waals surface area (Å²) in [7, 11) is 0. The number of pyridine rings is 3. The maximum Gasteiger partial charge on any atom is 0.337 e. The Morgan fingerprint density at radius 2 is 0.886 bits per heavy atom. The number of aryl methyl sites for hydroxylation is 2. The number of hydrogen-bond donors (Lipinski definition) is 2. The van der Waals surface area contributed by atoms with Crippen molar-refractivity contribution in [3.63, 3.8) is 0 Å². The normalized spacial score (nSPS) is 12.7. The molecule has 10 heteroatoms. The standard InChI is InChI=1S/C78H82N6O4/c1-62(86)56-83-50-48-82(59-74-52-70(54-76(61-85)80-74)46-44-68-40-36-66(37-41-68)32-19-13-9-5-3-7-11-17-26-64-28-21-15-22-29-64)49-51-84(58-73-35-25-34-72(57-83)79-73)60-75-53-71(55-77(81-75)63(2)78(87)88)47-45-69-42-38-67(39-43-69)33-20-14-10-6-4-8-12-18-27-65-30-23-16-24-31-65/h15-16,21-25,28-31,34-43,52-55,61,86H,1-14,17-18,26-27,48-51,56-60H2,(H,87,88). The highest BCUT2D eigenvalue weighted by molar-refractivity contribution is 6.13. The van der Waals surface area contributed by atoms with E-state index < -0.39 is 5.97 Å². The lowest BCUT2D eigenvalue weighted by Crippen LogP contribution is -2.40. The first-order chi connectivity index (χ1) is 43.1. The molecule has 0 fully saturated rings. The molecule has 2 N–H and O–H groups in total. The largest absolute Gasteiger partial charge is 0.512 e. The number of fused-ring (bicyclic) bond motifs is 2. The molecule has 0 unspecified atom stereocenters. The molecule has 0 radical (unpaired) electrons. The van der Waals surface area contributed by atoms with Gasteiger partial charge >= 0.3 is 5.97 Å². The fourth-order valence-electron chi connectivity index (χ4n) is 10.7. The van der Waals surface area contributed by atoms with Crippen molar-refractivity contribution in [2.24, 2.45) is 0 Å². The van der Waals surface area contributed by atoms with Crippen molar-refractivity contribution in [2.45, 2.75) is 129 Å². The number of nitrogens with zero attached hydrogens (tertiary/aromatic N) is 6. The molecule has 0 saturated carbocycles. The van der Waals surface area contributed by atoms with Crippen molar-refractivity contribution in [3.8, 4) is 47.4 Å². The van der Waals surface area contributed by atoms with E-state index >= 15 is 0 Å². The highest BCUT2D eigenvalue weighted by Gasteiger charge is 2.20. The second-order valence-corrected chi connectivity index (χ2v) is 22.8. The zero-order chi connectivity index (χ0) is 61.4. The summed E-state index contributed by atoms with van der Waals surface area (Å²) in [6.45, 7) is 12.0. The van der Waals surface area contributed by atoms with Gasteiger partial charge in [-0.2, -0.15) is 0 Å². The van der Waals surface area contributed by atoms with E-state index in [4.69, 9.17) is 15.0 Å². The van der Waals surface area contributed by atoms with Gasteiger partial charge in [0.15, 0.2) is 6.29 Å². The van der Waals surface area contributed by atoms with Crippen LogP contribution in [0.15, 0.2) is 171 Å². The number of unbranched alkanes of at least 4 members (excludes halogenated alkanes) is 12. The molecule has 4 heterocycles. The average Bonchev–Trinajstić information content (AvgIpc) is 3.50. The predicted molar refractivity (Wildman–Crippen MR) is 355 cm³/mol. The van der Waals surface area contributed by atoms with Gasteiger partial charge in [0.2, 0.25) is 0 Å². The van der Waals surface area contributed by atoms with Crippen LogP contribution in [0.2, 0.25) is 0 Å². The van der Waals surface area contributed by atoms with Crippen LogP contribution < -0.4 is 0 Å². The van der Waals surface area contributed by atoms with Crippen molar-refractivity contribution in [1.82, 2.24) is 29.7 Å². The number of aliphatic carboxylic acids is 1. The number of aliphatic hydroxyl groups excluding tert-OH is 1. The summed E-state index contributed by atoms with van der Waals surface area (Å²) in [5.74, 6) is 25.3. The van der Waals surface area contributed by atoms with Gasteiger partial charge < -0.3 is 10.2 Å². The van der Waals surface area contributed by atoms with Gasteiger partial charge in [-0.3, -0.25) is 29.5 Å². The van der Waals surface area contributed by atoms with Gasteiger partial charge in [0.25, 0.3) is 0 Å². The number of carbonyl (C=O) groups excluding carboxylic acids is 1. The minimum absolute atomic E-state index is 0.0644. The van der Waals surface area contributed by atoms with Crippen LogP contribution in [0.4, 0.5) is 0 Å². The monoisotopic (exact) mass is 1170 g/mol. The summed E-state index contributed by atoms with van der Waals surface area (Å²) >= 11 is 0. The van der Waals surface area contributed by atoms with Crippen molar-refractivity contribution in [2.75, 3.05) is 32.7 Å². The van der Waals surface area contributed by atoms with E-state index in [1.54, 1.807) is 12.1 Å². The lowest BCUT2D eigenvalue weighted by atomic mass is 10.0. The van der Waals surface area contributed by atoms with Gasteiger partial charge in [-0.1, -0.05) is 179 Å². The number of aromatic nitrogens is 3. The highest BCUT2D eigenvalue weighted by atomic mass is 16.4. The SMILES string of the molecule is C=C(O)CN1CCN(Cc2cc(C#Cc3ccc(C#CCCCCCCCCc4ccccc4)cc3)cc(C=O)n2)CCN(Cc2cc(C#Cc3ccc(C#CCCCCCCCCc4ccccc4)cc3)cc(C(=C)C(=O)O)n2)Cc2cccc(n2)C1. The van der Waals surface area contributed by atoms with Crippen LogP contribution in [-0.2, 0) is 43.8 Å². The van der Waals surface area contributed by atoms with Crippen molar-refractivity contribution >= 4 is 17.8 Å². The minimum Gasteiger partial charge on any atom is -0.512 e. The van der Waals surface area contributed by atoms with E-state index in [1.165, 1.54) is 75.3 Å². The van der Waals surface area contributed by atoms with E-state index in [1.807, 2.05) is 78.9 Å². The summed E-state index contributed by atoms with van der Waals surface area (Å²) in [6.07, 6.45) is 19.5. The van der Waals surface area contributed by atoms with Gasteiger partial charge in [-0.15, -0.1) is 0 Å². The summed E-state index contributed by atoms with van der Waals surface area (Å²) in [5, 5.41) is 20.5. The van der Waals surface area contributed by atoms with Crippen molar-refractivity contribution in [1.29, 1.82) is 0 Å². The first-order valence-corrected chi connectivity index (χ1v) is 31.3. The van der Waals surface area contributed by atoms with E-state index in [9.17, 15) is 19.8 Å². The first-order valence-electron chi connectivity index (χ1n) is 31.3. The molecular formula is C78H82N6O4. The van der Waals surface area contributed by atoms with Gasteiger partial charge in [0.1, 0.15) is 5.69 Å². The Kier molecular flexibility index (Phi) is 26.6. The third kappa shape index (κ3) is 23.6. The molecule has 7 aromatic rings. The quantitative estimate of drug-likeness (QED) is 0.0188. The lowest BCUT2D eigenvalue weighted by molar-refractivity contribution is -0.130. The topological polar surface area (TPSA) is 123 Å². The van der Waals surface area contributed by atoms with E-state index in [0.29, 0.717) is 80.6 Å². The Balaban J connectivity index is 0.899. The number of aldehydes is 1. The highest BCUT2D eigenvalue weighted by Crippen LogP contribution is 2.20. The molecule has 4 aromatic carbocycles. The number of rotatable bonds is 25. The predicted octanol–water partition coefficient (Wildman–Crippen LogP) is 14.6. The molecule has 8 rings (SSSR count). The van der Waals surface area contributed by atoms with Gasteiger partial charge in [-0.25, -0.2) is 9.78 Å². The van der Waals surface area contributed by atoms with Crippen LogP contribution in [0, 0.1) is 47.4 Å². The molecule has 0 spiro atoms. The summed E-state index contributed by atoms with van der Waals surface area (Å²) in [5.41, 5.74) is 11.1. The van der Waals surface area contributed by atoms with E-state index in [-0.39, 0.29) is 23.6 Å². The first kappa shape index (κ1) is 64.9. The number of aliphatic hydroxyl groups is 1. The Morgan fingerprint density at radius 3 is 1.40 bits per heavy atom. The minimum atomic E-state index is -1.16. The van der Waals surface area contributed by atoms with Gasteiger partial charge in [0.05, 0.1) is 46.3 Å². The maximum atomic E-state index is 12.4. The fourth-order valence-corrected chi connectivity index (χ4v) is 10.7. The fraction of sp³-hybridized carbons (Fsp3) is 0.321. The third-order valence-electron chi connectivity index (χ3n) is 15.4. The molecule has 88 heavy (non-hydrogen) atoms. The summed E-state index contributed by atoms with van der Waals surface area (Å²) < 4.78 is 0. The molecule has 1 aliphatic rings. The molecule has 0 aliphatic carbocycles.